The largest absolute Gasteiger partial charge is 0.369 e. The molecule has 1 saturated heterocycles. The number of primary amides is 1. The number of pyridine rings is 1. The molecule has 1 unspecified atom stereocenters. The fourth-order valence-corrected chi connectivity index (χ4v) is 8.65. The summed E-state index contributed by atoms with van der Waals surface area (Å²) in [4.78, 5) is 32.0. The van der Waals surface area contributed by atoms with Gasteiger partial charge >= 0.3 is 0 Å². The second-order valence-corrected chi connectivity index (χ2v) is 13.1. The van der Waals surface area contributed by atoms with Crippen molar-refractivity contribution in [3.8, 4) is 21.7 Å². The highest BCUT2D eigenvalue weighted by atomic mass is 32.1. The van der Waals surface area contributed by atoms with Crippen molar-refractivity contribution in [2.24, 2.45) is 11.7 Å². The molecule has 2 bridgehead atoms. The first-order valence-electron chi connectivity index (χ1n) is 14.3. The second-order valence-electron chi connectivity index (χ2n) is 12.0. The van der Waals surface area contributed by atoms with E-state index in [0.717, 1.165) is 57.7 Å². The Hall–Kier alpha value is -4.02. The molecule has 0 radical (unpaired) electrons. The quantitative estimate of drug-likeness (QED) is 0.232. The summed E-state index contributed by atoms with van der Waals surface area (Å²) in [6.45, 7) is 6.88. The third-order valence-corrected chi connectivity index (χ3v) is 10.3. The van der Waals surface area contributed by atoms with Gasteiger partial charge in [0.15, 0.2) is 5.65 Å². The molecule has 2 fully saturated rings. The number of piperidine rings is 1. The zero-order valence-corrected chi connectivity index (χ0v) is 24.1. The number of benzene rings is 1. The van der Waals surface area contributed by atoms with Gasteiger partial charge in [0.1, 0.15) is 12.2 Å². The number of imidazole rings is 1. The van der Waals surface area contributed by atoms with Gasteiger partial charge in [-0.2, -0.15) is 5.10 Å². The van der Waals surface area contributed by atoms with Crippen LogP contribution < -0.4 is 5.73 Å². The molecular weight excluding hydrogens is 532 g/mol. The Bertz CT molecular complexity index is 1980. The molecule has 5 aromatic heterocycles. The molecule has 6 heterocycles. The van der Waals surface area contributed by atoms with Crippen molar-refractivity contribution in [2.75, 3.05) is 6.54 Å². The number of aryl methyl sites for hydroxylation is 1. The molecule has 1 aromatic carbocycles. The van der Waals surface area contributed by atoms with Crippen LogP contribution in [0.15, 0.2) is 42.9 Å². The molecule has 1 amide bonds. The molecule has 208 valence electrons. The number of H-pyrrole nitrogens is 2. The van der Waals surface area contributed by atoms with E-state index in [1.165, 1.54) is 27.1 Å². The van der Waals surface area contributed by atoms with Gasteiger partial charge in [-0.25, -0.2) is 14.5 Å². The van der Waals surface area contributed by atoms with E-state index in [-0.39, 0.29) is 11.9 Å². The van der Waals surface area contributed by atoms with Crippen LogP contribution in [0.2, 0.25) is 0 Å². The predicted molar refractivity (Wildman–Crippen MR) is 162 cm³/mol. The van der Waals surface area contributed by atoms with Crippen molar-refractivity contribution in [3.05, 3.63) is 59.8 Å². The highest BCUT2D eigenvalue weighted by Gasteiger charge is 2.48. The molecule has 2 aliphatic rings. The number of rotatable bonds is 6. The third kappa shape index (κ3) is 3.84. The van der Waals surface area contributed by atoms with E-state index >= 15 is 0 Å². The van der Waals surface area contributed by atoms with Crippen molar-refractivity contribution in [2.45, 2.75) is 58.0 Å². The molecule has 3 atom stereocenters. The van der Waals surface area contributed by atoms with Crippen LogP contribution in [0.5, 0.6) is 0 Å². The summed E-state index contributed by atoms with van der Waals surface area (Å²) in [5.41, 5.74) is 15.5. The maximum atomic E-state index is 11.8. The van der Waals surface area contributed by atoms with Crippen molar-refractivity contribution >= 4 is 44.1 Å². The molecule has 4 N–H and O–H groups in total. The van der Waals surface area contributed by atoms with E-state index in [4.69, 9.17) is 10.7 Å². The number of carbonyl (C=O) groups is 1. The van der Waals surface area contributed by atoms with E-state index in [1.54, 1.807) is 6.33 Å². The average Bonchev–Trinajstić information content (AvgIpc) is 3.75. The number of amides is 1. The summed E-state index contributed by atoms with van der Waals surface area (Å²) in [5.74, 6) is 1.55. The first-order chi connectivity index (χ1) is 19.8. The fraction of sp³-hybridized carbons (Fsp3) is 0.355. The fourth-order valence-electron chi connectivity index (χ4n) is 7.34. The first kappa shape index (κ1) is 24.8. The van der Waals surface area contributed by atoms with Crippen molar-refractivity contribution in [1.29, 1.82) is 0 Å². The van der Waals surface area contributed by atoms with E-state index in [2.05, 4.69) is 82.3 Å². The summed E-state index contributed by atoms with van der Waals surface area (Å²) >= 11 is 1.83. The number of hydrogen-bond donors (Lipinski definition) is 3. The smallest absolute Gasteiger partial charge is 0.231 e. The Balaban J connectivity index is 1.16. The second kappa shape index (κ2) is 8.99. The lowest BCUT2D eigenvalue weighted by atomic mass is 9.98. The van der Waals surface area contributed by atoms with Gasteiger partial charge in [0.2, 0.25) is 5.91 Å². The maximum Gasteiger partial charge on any atom is 0.231 e. The first-order valence-corrected chi connectivity index (χ1v) is 15.2. The minimum Gasteiger partial charge on any atom is -0.369 e. The normalized spacial score (nSPS) is 20.9. The Morgan fingerprint density at radius 2 is 2.02 bits per heavy atom. The predicted octanol–water partition coefficient (Wildman–Crippen LogP) is 5.92. The Morgan fingerprint density at radius 3 is 2.85 bits per heavy atom. The van der Waals surface area contributed by atoms with Crippen molar-refractivity contribution < 1.29 is 4.79 Å². The Labute approximate surface area is 240 Å². The van der Waals surface area contributed by atoms with E-state index in [1.807, 2.05) is 15.9 Å². The third-order valence-electron chi connectivity index (χ3n) is 9.05. The molecule has 9 nitrogen and oxygen atoms in total. The number of aromatic nitrogens is 6. The van der Waals surface area contributed by atoms with Gasteiger partial charge < -0.3 is 15.7 Å². The molecule has 8 rings (SSSR count). The van der Waals surface area contributed by atoms with Crippen molar-refractivity contribution in [3.63, 3.8) is 0 Å². The average molecular weight is 565 g/mol. The number of aromatic amines is 2. The zero-order valence-electron chi connectivity index (χ0n) is 23.3. The van der Waals surface area contributed by atoms with Crippen LogP contribution >= 0.6 is 11.3 Å². The van der Waals surface area contributed by atoms with Gasteiger partial charge in [0, 0.05) is 22.7 Å². The highest BCUT2D eigenvalue weighted by molar-refractivity contribution is 7.22. The standard InChI is InChI=1S/C31H32N8OS/c1-15(2)26-27(19-8-16(3)31-33-14-34-39(31)12-19)35-23-11-24(41-29(23)26)17-5-7-21-22(10-17)37-30(36-21)28-18-4-6-20(9-18)38(28)13-25(32)40/h5,7-8,10-12,14-15,18,20,28,35H,4,6,9,13H2,1-3H3,(H2,32,40)(H,36,37)/t18-,20+,28?/m0/s1. The highest BCUT2D eigenvalue weighted by Crippen LogP contribution is 2.50. The Kier molecular flexibility index (Phi) is 5.43. The summed E-state index contributed by atoms with van der Waals surface area (Å²) in [7, 11) is 0. The van der Waals surface area contributed by atoms with Crippen LogP contribution in [0.25, 0.3) is 48.6 Å². The van der Waals surface area contributed by atoms with E-state index in [0.29, 0.717) is 24.4 Å². The lowest BCUT2D eigenvalue weighted by Gasteiger charge is -2.32. The molecule has 1 saturated carbocycles. The lowest BCUT2D eigenvalue weighted by molar-refractivity contribution is -0.120. The van der Waals surface area contributed by atoms with Gasteiger partial charge in [-0.1, -0.05) is 19.9 Å². The number of nitrogens with two attached hydrogens (primary N) is 1. The minimum atomic E-state index is -0.271. The van der Waals surface area contributed by atoms with E-state index in [9.17, 15) is 4.79 Å². The minimum absolute atomic E-state index is 0.129. The van der Waals surface area contributed by atoms with Crippen LogP contribution in [0.3, 0.4) is 0 Å². The van der Waals surface area contributed by atoms with Gasteiger partial charge in [-0.3, -0.25) is 9.69 Å². The topological polar surface area (TPSA) is 121 Å². The molecule has 41 heavy (non-hydrogen) atoms. The van der Waals surface area contributed by atoms with Gasteiger partial charge in [-0.05, 0) is 79.0 Å². The number of nitrogens with one attached hydrogen (secondary N) is 2. The zero-order chi connectivity index (χ0) is 28.0. The van der Waals surface area contributed by atoms with Crippen molar-refractivity contribution in [1.82, 2.24) is 34.4 Å². The number of hydrogen-bond acceptors (Lipinski definition) is 6. The summed E-state index contributed by atoms with van der Waals surface area (Å²) in [6.07, 6.45) is 7.10. The van der Waals surface area contributed by atoms with Crippen LogP contribution in [-0.4, -0.2) is 52.9 Å². The van der Waals surface area contributed by atoms with Crippen LogP contribution in [0, 0.1) is 12.8 Å². The van der Waals surface area contributed by atoms with Crippen LogP contribution in [0.4, 0.5) is 0 Å². The maximum absolute atomic E-state index is 11.8. The number of carbonyl (C=O) groups excluding carboxylic acids is 1. The molecule has 10 heteroatoms. The SMILES string of the molecule is Cc1cc(-c2[nH]c3cc(-c4ccc5nc(C6[C@H]7CC[C@H](C7)N6CC(N)=O)[nH]c5c4)sc3c2C(C)C)cn2ncnc12. The number of likely N-dealkylation sites (tertiary alicyclic amines) is 1. The van der Waals surface area contributed by atoms with Crippen LogP contribution in [-0.2, 0) is 4.79 Å². The molecule has 6 aromatic rings. The molecule has 1 aliphatic heterocycles. The van der Waals surface area contributed by atoms with Crippen LogP contribution in [0.1, 0.15) is 62.0 Å². The molecular formula is C31H32N8OS. The Morgan fingerprint density at radius 1 is 1.15 bits per heavy atom. The van der Waals surface area contributed by atoms with E-state index < -0.39 is 0 Å². The summed E-state index contributed by atoms with van der Waals surface area (Å²) in [5, 5.41) is 4.38. The summed E-state index contributed by atoms with van der Waals surface area (Å²) in [6, 6.07) is 11.5. The summed E-state index contributed by atoms with van der Waals surface area (Å²) < 4.78 is 3.14. The van der Waals surface area contributed by atoms with Gasteiger partial charge in [0.25, 0.3) is 0 Å². The molecule has 0 spiro atoms. The lowest BCUT2D eigenvalue weighted by Crippen LogP contribution is -2.41. The molecule has 1 aliphatic carbocycles. The number of thiophene rings is 1. The monoisotopic (exact) mass is 564 g/mol. The number of nitrogens with zero attached hydrogens (tertiary/aromatic N) is 5. The van der Waals surface area contributed by atoms with Gasteiger partial charge in [0.05, 0.1) is 39.5 Å². The van der Waals surface area contributed by atoms with Gasteiger partial charge in [-0.15, -0.1) is 11.3 Å². The number of fused-ring (bicyclic) bond motifs is 5.